The number of carbonyl (C=O) groups is 2. The summed E-state index contributed by atoms with van der Waals surface area (Å²) in [6, 6.07) is -0.536. The molecule has 0 aliphatic rings. The van der Waals surface area contributed by atoms with E-state index in [0.717, 1.165) is 51.4 Å². The summed E-state index contributed by atoms with van der Waals surface area (Å²) in [6.45, 7) is 4.96. The fourth-order valence-electron chi connectivity index (χ4n) is 11.7. The molecule has 0 saturated heterocycles. The number of aliphatic hydroxyl groups is 2. The summed E-state index contributed by atoms with van der Waals surface area (Å²) in [5.41, 5.74) is 0. The van der Waals surface area contributed by atoms with Crippen molar-refractivity contribution in [1.82, 2.24) is 5.32 Å². The molecule has 1 amide bonds. The van der Waals surface area contributed by atoms with Gasteiger partial charge in [-0.15, -0.1) is 0 Å². The van der Waals surface area contributed by atoms with E-state index in [2.05, 4.69) is 43.5 Å². The van der Waals surface area contributed by atoms with Crippen LogP contribution in [0.1, 0.15) is 412 Å². The van der Waals surface area contributed by atoms with E-state index in [1.165, 1.54) is 327 Å². The summed E-state index contributed by atoms with van der Waals surface area (Å²) in [7, 11) is 0. The average molecular weight is 1130 g/mol. The minimum absolute atomic E-state index is 0.0181. The second kappa shape index (κ2) is 69.8. The van der Waals surface area contributed by atoms with Crippen molar-refractivity contribution in [3.05, 3.63) is 24.3 Å². The van der Waals surface area contributed by atoms with Gasteiger partial charge in [0.05, 0.1) is 25.4 Å². The lowest BCUT2D eigenvalue weighted by atomic mass is 10.0. The van der Waals surface area contributed by atoms with Crippen molar-refractivity contribution in [3.8, 4) is 0 Å². The molecule has 0 bridgehead atoms. The van der Waals surface area contributed by atoms with Gasteiger partial charge in [0.25, 0.3) is 0 Å². The summed E-state index contributed by atoms with van der Waals surface area (Å²) >= 11 is 0. The van der Waals surface area contributed by atoms with Crippen LogP contribution in [0.4, 0.5) is 0 Å². The average Bonchev–Trinajstić information content (AvgIpc) is 3.46. The van der Waals surface area contributed by atoms with Gasteiger partial charge in [0, 0.05) is 12.8 Å². The Labute approximate surface area is 501 Å². The van der Waals surface area contributed by atoms with Crippen molar-refractivity contribution in [3.63, 3.8) is 0 Å². The fourth-order valence-corrected chi connectivity index (χ4v) is 11.7. The molecule has 0 radical (unpaired) electrons. The molecule has 0 aliphatic carbocycles. The van der Waals surface area contributed by atoms with Crippen molar-refractivity contribution in [2.24, 2.45) is 0 Å². The lowest BCUT2D eigenvalue weighted by Gasteiger charge is -2.22. The van der Waals surface area contributed by atoms with E-state index in [1.54, 1.807) is 0 Å². The van der Waals surface area contributed by atoms with Crippen LogP contribution < -0.4 is 5.32 Å². The molecule has 2 atom stereocenters. The SMILES string of the molecule is CCCCC/C=C\C/C=C\CCCCCCCCCCCC(=O)OCCCCCCCCCCCCCCCCCCCCCCCCCCCCCCCCCCC(=O)NC(CO)C(O)CCCCCCCCCCCCCC. The number of allylic oxidation sites excluding steroid dienone is 4. The van der Waals surface area contributed by atoms with Crippen LogP contribution in [0.2, 0.25) is 0 Å². The van der Waals surface area contributed by atoms with Gasteiger partial charge < -0.3 is 20.3 Å². The number of unbranched alkanes of at least 4 members (excludes halogenated alkanes) is 54. The van der Waals surface area contributed by atoms with Crippen LogP contribution >= 0.6 is 0 Å². The number of amides is 1. The first-order valence-electron chi connectivity index (χ1n) is 36.6. The zero-order chi connectivity index (χ0) is 57.8. The van der Waals surface area contributed by atoms with Crippen LogP contribution in [0, 0.1) is 0 Å². The number of rotatable bonds is 69. The molecule has 6 heteroatoms. The van der Waals surface area contributed by atoms with Gasteiger partial charge in [-0.2, -0.15) is 0 Å². The number of aliphatic hydroxyl groups excluding tert-OH is 2. The van der Waals surface area contributed by atoms with E-state index >= 15 is 0 Å². The van der Waals surface area contributed by atoms with Crippen LogP contribution in [0.15, 0.2) is 24.3 Å². The summed E-state index contributed by atoms with van der Waals surface area (Å²) in [5.74, 6) is -0.0106. The molecule has 0 fully saturated rings. The first-order valence-corrected chi connectivity index (χ1v) is 36.6. The standard InChI is InChI=1S/C74H143NO5/c1-3-5-7-9-11-13-15-17-18-19-34-38-41-44-48-52-56-60-64-68-74(79)80-69-65-61-57-53-49-45-42-39-36-33-31-29-27-25-23-21-20-22-24-26-28-30-32-35-37-40-43-47-51-55-59-63-67-73(78)75-71(70-76)72(77)66-62-58-54-50-46-16-14-12-10-8-6-4-2/h11,13,17-18,71-72,76-77H,3-10,12,14-16,19-70H2,1-2H3,(H,75,78)/b13-11-,18-17-. The highest BCUT2D eigenvalue weighted by Crippen LogP contribution is 2.19. The molecule has 0 rings (SSSR count). The van der Waals surface area contributed by atoms with Gasteiger partial charge in [0.2, 0.25) is 5.91 Å². The molecule has 6 nitrogen and oxygen atoms in total. The molecule has 0 aliphatic heterocycles. The monoisotopic (exact) mass is 1130 g/mol. The third-order valence-electron chi connectivity index (χ3n) is 17.3. The third kappa shape index (κ3) is 65.5. The van der Waals surface area contributed by atoms with Gasteiger partial charge in [-0.05, 0) is 57.8 Å². The Morgan fingerprint density at radius 2 is 0.625 bits per heavy atom. The Morgan fingerprint density at radius 1 is 0.350 bits per heavy atom. The predicted molar refractivity (Wildman–Crippen MR) is 352 cm³/mol. The van der Waals surface area contributed by atoms with E-state index in [1.807, 2.05) is 0 Å². The van der Waals surface area contributed by atoms with Crippen molar-refractivity contribution >= 4 is 11.9 Å². The highest BCUT2D eigenvalue weighted by Gasteiger charge is 2.20. The van der Waals surface area contributed by atoms with E-state index in [0.29, 0.717) is 25.9 Å². The van der Waals surface area contributed by atoms with Gasteiger partial charge in [0.15, 0.2) is 0 Å². The van der Waals surface area contributed by atoms with Crippen molar-refractivity contribution in [1.29, 1.82) is 0 Å². The maximum atomic E-state index is 12.5. The first-order chi connectivity index (χ1) is 39.5. The van der Waals surface area contributed by atoms with Gasteiger partial charge in [0.1, 0.15) is 0 Å². The van der Waals surface area contributed by atoms with E-state index < -0.39 is 12.1 Å². The predicted octanol–water partition coefficient (Wildman–Crippen LogP) is 23.7. The molecule has 0 saturated carbocycles. The molecule has 0 heterocycles. The van der Waals surface area contributed by atoms with E-state index in [4.69, 9.17) is 4.74 Å². The normalized spacial score (nSPS) is 12.6. The number of hydrogen-bond donors (Lipinski definition) is 3. The quantitative estimate of drug-likeness (QED) is 0.0320. The second-order valence-corrected chi connectivity index (χ2v) is 25.3. The number of carbonyl (C=O) groups excluding carboxylic acids is 2. The molecule has 0 aromatic heterocycles. The van der Waals surface area contributed by atoms with Gasteiger partial charge in [-0.1, -0.05) is 366 Å². The fraction of sp³-hybridized carbons (Fsp3) is 0.919. The zero-order valence-corrected chi connectivity index (χ0v) is 54.3. The van der Waals surface area contributed by atoms with Crippen molar-refractivity contribution in [2.75, 3.05) is 13.2 Å². The van der Waals surface area contributed by atoms with Gasteiger partial charge in [-0.25, -0.2) is 0 Å². The second-order valence-electron chi connectivity index (χ2n) is 25.3. The smallest absolute Gasteiger partial charge is 0.305 e. The maximum Gasteiger partial charge on any atom is 0.305 e. The minimum Gasteiger partial charge on any atom is -0.466 e. The zero-order valence-electron chi connectivity index (χ0n) is 54.3. The molecular weight excluding hydrogens is 983 g/mol. The lowest BCUT2D eigenvalue weighted by Crippen LogP contribution is -2.45. The molecule has 3 N–H and O–H groups in total. The van der Waals surface area contributed by atoms with Gasteiger partial charge in [-0.3, -0.25) is 9.59 Å². The van der Waals surface area contributed by atoms with Crippen LogP contribution in [-0.4, -0.2) is 47.4 Å². The summed E-state index contributed by atoms with van der Waals surface area (Å²) < 4.78 is 5.51. The summed E-state index contributed by atoms with van der Waals surface area (Å²) in [5, 5.41) is 23.3. The topological polar surface area (TPSA) is 95.9 Å². The van der Waals surface area contributed by atoms with Crippen LogP contribution in [-0.2, 0) is 14.3 Å². The molecule has 2 unspecified atom stereocenters. The molecular formula is C74H143NO5. The number of hydrogen-bond acceptors (Lipinski definition) is 5. The van der Waals surface area contributed by atoms with Crippen molar-refractivity contribution < 1.29 is 24.5 Å². The molecule has 80 heavy (non-hydrogen) atoms. The Bertz CT molecular complexity index is 1250. The number of ether oxygens (including phenoxy) is 1. The van der Waals surface area contributed by atoms with E-state index in [-0.39, 0.29) is 18.5 Å². The largest absolute Gasteiger partial charge is 0.466 e. The van der Waals surface area contributed by atoms with Gasteiger partial charge >= 0.3 is 5.97 Å². The number of esters is 1. The minimum atomic E-state index is -0.659. The van der Waals surface area contributed by atoms with Crippen LogP contribution in [0.3, 0.4) is 0 Å². The molecule has 0 aromatic rings. The number of nitrogens with one attached hydrogen (secondary N) is 1. The summed E-state index contributed by atoms with van der Waals surface area (Å²) in [4.78, 5) is 24.6. The molecule has 474 valence electrons. The Kier molecular flexibility index (Phi) is 68.4. The third-order valence-corrected chi connectivity index (χ3v) is 17.3. The lowest BCUT2D eigenvalue weighted by molar-refractivity contribution is -0.143. The first kappa shape index (κ1) is 78.3. The van der Waals surface area contributed by atoms with E-state index in [9.17, 15) is 19.8 Å². The highest BCUT2D eigenvalue weighted by atomic mass is 16.5. The summed E-state index contributed by atoms with van der Waals surface area (Å²) in [6.07, 6.45) is 88.2. The molecule has 0 aromatic carbocycles. The highest BCUT2D eigenvalue weighted by molar-refractivity contribution is 5.76. The Morgan fingerprint density at radius 3 is 0.975 bits per heavy atom. The Balaban J connectivity index is 3.29. The molecule has 0 spiro atoms. The van der Waals surface area contributed by atoms with Crippen LogP contribution in [0.5, 0.6) is 0 Å². The van der Waals surface area contributed by atoms with Crippen molar-refractivity contribution in [2.45, 2.75) is 424 Å². The Hall–Kier alpha value is -1.66. The maximum absolute atomic E-state index is 12.5. The van der Waals surface area contributed by atoms with Crippen LogP contribution in [0.25, 0.3) is 0 Å².